The van der Waals surface area contributed by atoms with Gasteiger partial charge in [0.05, 0.1) is 30.1 Å². The number of methoxy groups -OCH3 is 1. The number of sulfonamides is 1. The SMILES string of the molecule is COC(=O)c1cn(C(=O)[C@H](C)N(c2ccc(Cl)cc2)S(C)(=O)=O)c2ccccc12. The predicted molar refractivity (Wildman–Crippen MR) is 112 cm³/mol. The summed E-state index contributed by atoms with van der Waals surface area (Å²) < 4.78 is 32.1. The molecule has 9 heteroatoms. The van der Waals surface area contributed by atoms with Gasteiger partial charge in [-0.1, -0.05) is 29.8 Å². The van der Waals surface area contributed by atoms with Crippen molar-refractivity contribution < 1.29 is 22.7 Å². The van der Waals surface area contributed by atoms with E-state index in [2.05, 4.69) is 0 Å². The number of rotatable bonds is 5. The molecule has 0 aliphatic heterocycles. The van der Waals surface area contributed by atoms with E-state index in [4.69, 9.17) is 16.3 Å². The summed E-state index contributed by atoms with van der Waals surface area (Å²) in [6.07, 6.45) is 2.40. The second kappa shape index (κ2) is 7.88. The van der Waals surface area contributed by atoms with Gasteiger partial charge in [0.25, 0.3) is 5.91 Å². The molecule has 1 aromatic heterocycles. The fourth-order valence-corrected chi connectivity index (χ4v) is 4.52. The zero-order valence-electron chi connectivity index (χ0n) is 16.0. The fraction of sp³-hybridized carbons (Fsp3) is 0.200. The molecule has 0 fully saturated rings. The number of aromatic nitrogens is 1. The van der Waals surface area contributed by atoms with Crippen LogP contribution >= 0.6 is 11.6 Å². The molecule has 0 unspecified atom stereocenters. The molecule has 3 aromatic rings. The number of ether oxygens (including phenoxy) is 1. The number of nitrogens with zero attached hydrogens (tertiary/aromatic N) is 2. The molecular weight excluding hydrogens is 416 g/mol. The molecule has 0 saturated carbocycles. The maximum Gasteiger partial charge on any atom is 0.340 e. The van der Waals surface area contributed by atoms with Crippen molar-refractivity contribution in [3.05, 3.63) is 65.3 Å². The monoisotopic (exact) mass is 434 g/mol. The van der Waals surface area contributed by atoms with Gasteiger partial charge in [-0.15, -0.1) is 0 Å². The molecule has 0 radical (unpaired) electrons. The van der Waals surface area contributed by atoms with Crippen LogP contribution in [0.3, 0.4) is 0 Å². The summed E-state index contributed by atoms with van der Waals surface area (Å²) in [4.78, 5) is 25.4. The Hall–Kier alpha value is -2.84. The van der Waals surface area contributed by atoms with Gasteiger partial charge in [-0.2, -0.15) is 0 Å². The number of fused-ring (bicyclic) bond motifs is 1. The van der Waals surface area contributed by atoms with Crippen LogP contribution in [0.5, 0.6) is 0 Å². The van der Waals surface area contributed by atoms with E-state index in [1.54, 1.807) is 36.4 Å². The number of halogens is 1. The van der Waals surface area contributed by atoms with E-state index < -0.39 is 27.9 Å². The average Bonchev–Trinajstić information content (AvgIpc) is 3.07. The maximum atomic E-state index is 13.3. The van der Waals surface area contributed by atoms with Crippen LogP contribution in [0.4, 0.5) is 5.69 Å². The summed E-state index contributed by atoms with van der Waals surface area (Å²) in [5.74, 6) is -1.10. The first kappa shape index (κ1) is 20.9. The van der Waals surface area contributed by atoms with Gasteiger partial charge in [0.2, 0.25) is 10.0 Å². The van der Waals surface area contributed by atoms with Gasteiger partial charge < -0.3 is 4.74 Å². The van der Waals surface area contributed by atoms with Gasteiger partial charge in [-0.25, -0.2) is 13.2 Å². The molecule has 29 heavy (non-hydrogen) atoms. The zero-order chi connectivity index (χ0) is 21.3. The van der Waals surface area contributed by atoms with E-state index in [-0.39, 0.29) is 5.56 Å². The molecule has 0 bridgehead atoms. The third-order valence-electron chi connectivity index (χ3n) is 4.50. The van der Waals surface area contributed by atoms with Crippen molar-refractivity contribution in [2.45, 2.75) is 13.0 Å². The number of carbonyl (C=O) groups is 2. The molecule has 7 nitrogen and oxygen atoms in total. The Labute approximate surface area is 173 Å². The molecule has 152 valence electrons. The van der Waals surface area contributed by atoms with Crippen molar-refractivity contribution in [3.63, 3.8) is 0 Å². The summed E-state index contributed by atoms with van der Waals surface area (Å²) in [7, 11) is -2.53. The largest absolute Gasteiger partial charge is 0.465 e. The van der Waals surface area contributed by atoms with Crippen LogP contribution < -0.4 is 4.31 Å². The second-order valence-corrected chi connectivity index (χ2v) is 8.77. The van der Waals surface area contributed by atoms with E-state index in [1.165, 1.54) is 36.9 Å². The molecule has 0 saturated heterocycles. The van der Waals surface area contributed by atoms with E-state index in [1.807, 2.05) is 0 Å². The highest BCUT2D eigenvalue weighted by Gasteiger charge is 2.31. The van der Waals surface area contributed by atoms with Crippen LogP contribution in [0.25, 0.3) is 10.9 Å². The Bertz CT molecular complexity index is 1190. The summed E-state index contributed by atoms with van der Waals surface area (Å²) >= 11 is 5.90. The van der Waals surface area contributed by atoms with Crippen LogP contribution in [0, 0.1) is 0 Å². The first-order valence-electron chi connectivity index (χ1n) is 8.62. The highest BCUT2D eigenvalue weighted by Crippen LogP contribution is 2.26. The molecule has 1 atom stereocenters. The van der Waals surface area contributed by atoms with Crippen molar-refractivity contribution in [2.24, 2.45) is 0 Å². The Morgan fingerprint density at radius 3 is 2.31 bits per heavy atom. The molecule has 0 N–H and O–H groups in total. The third-order valence-corrected chi connectivity index (χ3v) is 6.00. The number of para-hydroxylation sites is 1. The number of benzene rings is 2. The number of anilines is 1. The van der Waals surface area contributed by atoms with Gasteiger partial charge in [0, 0.05) is 16.6 Å². The lowest BCUT2D eigenvalue weighted by molar-refractivity contribution is 0.0603. The van der Waals surface area contributed by atoms with Crippen molar-refractivity contribution in [1.82, 2.24) is 4.57 Å². The second-order valence-electron chi connectivity index (χ2n) is 6.47. The lowest BCUT2D eigenvalue weighted by Gasteiger charge is -2.28. The Balaban J connectivity index is 2.11. The topological polar surface area (TPSA) is 85.7 Å². The summed E-state index contributed by atoms with van der Waals surface area (Å²) in [5.41, 5.74) is 1.01. The summed E-state index contributed by atoms with van der Waals surface area (Å²) in [5, 5.41) is 0.984. The number of esters is 1. The van der Waals surface area contributed by atoms with Gasteiger partial charge in [-0.3, -0.25) is 13.7 Å². The fourth-order valence-electron chi connectivity index (χ4n) is 3.23. The van der Waals surface area contributed by atoms with Gasteiger partial charge >= 0.3 is 5.97 Å². The Morgan fingerprint density at radius 1 is 1.10 bits per heavy atom. The molecule has 0 amide bonds. The maximum absolute atomic E-state index is 13.3. The number of hydrogen-bond donors (Lipinski definition) is 0. The van der Waals surface area contributed by atoms with Crippen LogP contribution in [0.1, 0.15) is 22.1 Å². The first-order valence-corrected chi connectivity index (χ1v) is 10.9. The molecule has 0 aliphatic rings. The van der Waals surface area contributed by atoms with E-state index >= 15 is 0 Å². The zero-order valence-corrected chi connectivity index (χ0v) is 17.6. The summed E-state index contributed by atoms with van der Waals surface area (Å²) in [6.45, 7) is 1.49. The van der Waals surface area contributed by atoms with Crippen molar-refractivity contribution in [2.75, 3.05) is 17.7 Å². The van der Waals surface area contributed by atoms with Crippen LogP contribution in [-0.2, 0) is 14.8 Å². The van der Waals surface area contributed by atoms with Crippen molar-refractivity contribution in [3.8, 4) is 0 Å². The lowest BCUT2D eigenvalue weighted by atomic mass is 10.2. The third kappa shape index (κ3) is 3.99. The Morgan fingerprint density at radius 2 is 1.72 bits per heavy atom. The molecule has 0 spiro atoms. The molecule has 1 heterocycles. The number of carbonyl (C=O) groups excluding carboxylic acids is 2. The minimum Gasteiger partial charge on any atom is -0.465 e. The van der Waals surface area contributed by atoms with E-state index in [9.17, 15) is 18.0 Å². The minimum atomic E-state index is -3.79. The van der Waals surface area contributed by atoms with Gasteiger partial charge in [0.1, 0.15) is 6.04 Å². The quantitative estimate of drug-likeness (QED) is 0.573. The normalized spacial score (nSPS) is 12.6. The minimum absolute atomic E-state index is 0.223. The van der Waals surface area contributed by atoms with Crippen LogP contribution in [0.2, 0.25) is 5.02 Å². The predicted octanol–water partition coefficient (Wildman–Crippen LogP) is 3.58. The molecular formula is C20H19ClN2O5S. The molecule has 0 aliphatic carbocycles. The molecule has 3 rings (SSSR count). The summed E-state index contributed by atoms with van der Waals surface area (Å²) in [6, 6.07) is 11.9. The number of hydrogen-bond acceptors (Lipinski definition) is 5. The standard InChI is InChI=1S/C20H19ClN2O5S/c1-13(23(29(3,26)27)15-10-8-14(21)9-11-15)19(24)22-12-17(20(25)28-2)16-6-4-5-7-18(16)22/h4-13H,1-3H3/t13-/m0/s1. The van der Waals surface area contributed by atoms with E-state index in [0.717, 1.165) is 10.6 Å². The van der Waals surface area contributed by atoms with Crippen LogP contribution in [0.15, 0.2) is 54.7 Å². The average molecular weight is 435 g/mol. The smallest absolute Gasteiger partial charge is 0.340 e. The van der Waals surface area contributed by atoms with Gasteiger partial charge in [0.15, 0.2) is 0 Å². The van der Waals surface area contributed by atoms with E-state index in [0.29, 0.717) is 21.6 Å². The lowest BCUT2D eigenvalue weighted by Crippen LogP contribution is -2.44. The first-order chi connectivity index (χ1) is 13.6. The van der Waals surface area contributed by atoms with Crippen molar-refractivity contribution >= 4 is 50.1 Å². The van der Waals surface area contributed by atoms with Crippen molar-refractivity contribution in [1.29, 1.82) is 0 Å². The van der Waals surface area contributed by atoms with Crippen LogP contribution in [-0.4, -0.2) is 44.3 Å². The Kier molecular flexibility index (Phi) is 5.68. The molecule has 2 aromatic carbocycles. The highest BCUT2D eigenvalue weighted by atomic mass is 35.5. The van der Waals surface area contributed by atoms with Gasteiger partial charge in [-0.05, 0) is 37.3 Å². The highest BCUT2D eigenvalue weighted by molar-refractivity contribution is 7.92.